The number of carbonyl (C=O) groups is 1. The Morgan fingerprint density at radius 1 is 1.39 bits per heavy atom. The Kier molecular flexibility index (Phi) is 4.84. The molecular formula is C11H20F3N3O. The summed E-state index contributed by atoms with van der Waals surface area (Å²) in [6.07, 6.45) is -3.55. The monoisotopic (exact) mass is 267 g/mol. The van der Waals surface area contributed by atoms with Crippen molar-refractivity contribution in [1.82, 2.24) is 15.1 Å². The Morgan fingerprint density at radius 2 is 2.00 bits per heavy atom. The zero-order chi connectivity index (χ0) is 13.9. The first-order valence-corrected chi connectivity index (χ1v) is 6.08. The lowest BCUT2D eigenvalue weighted by atomic mass is 10.1. The SMILES string of the molecule is CCCNC(=O)N1CC(C)N(C)C(C(F)(F)F)C1. The van der Waals surface area contributed by atoms with Gasteiger partial charge in [-0.1, -0.05) is 6.92 Å². The first-order chi connectivity index (χ1) is 8.27. The molecular weight excluding hydrogens is 247 g/mol. The van der Waals surface area contributed by atoms with E-state index in [9.17, 15) is 18.0 Å². The van der Waals surface area contributed by atoms with Crippen LogP contribution in [0.3, 0.4) is 0 Å². The molecule has 0 saturated carbocycles. The molecule has 2 unspecified atom stereocenters. The lowest BCUT2D eigenvalue weighted by Gasteiger charge is -2.44. The number of alkyl halides is 3. The molecule has 1 N–H and O–H groups in total. The van der Waals surface area contributed by atoms with E-state index in [0.29, 0.717) is 13.1 Å². The van der Waals surface area contributed by atoms with Gasteiger partial charge >= 0.3 is 12.2 Å². The van der Waals surface area contributed by atoms with E-state index in [1.54, 1.807) is 6.92 Å². The molecule has 106 valence electrons. The topological polar surface area (TPSA) is 35.6 Å². The van der Waals surface area contributed by atoms with Crippen molar-refractivity contribution in [3.8, 4) is 0 Å². The molecule has 0 aliphatic carbocycles. The fourth-order valence-corrected chi connectivity index (χ4v) is 2.01. The summed E-state index contributed by atoms with van der Waals surface area (Å²) < 4.78 is 38.6. The zero-order valence-electron chi connectivity index (χ0n) is 10.9. The summed E-state index contributed by atoms with van der Waals surface area (Å²) in [7, 11) is 1.45. The molecule has 4 nitrogen and oxygen atoms in total. The quantitative estimate of drug-likeness (QED) is 0.826. The number of rotatable bonds is 2. The smallest absolute Gasteiger partial charge is 0.338 e. The normalized spacial score (nSPS) is 26.2. The van der Waals surface area contributed by atoms with Crippen LogP contribution in [0.2, 0.25) is 0 Å². The summed E-state index contributed by atoms with van der Waals surface area (Å²) in [6.45, 7) is 4.08. The molecule has 0 bridgehead atoms. The Bertz CT molecular complexity index is 296. The third-order valence-electron chi connectivity index (χ3n) is 3.26. The van der Waals surface area contributed by atoms with Gasteiger partial charge in [-0.25, -0.2) is 4.79 Å². The maximum Gasteiger partial charge on any atom is 0.405 e. The highest BCUT2D eigenvalue weighted by Gasteiger charge is 2.47. The third-order valence-corrected chi connectivity index (χ3v) is 3.26. The minimum absolute atomic E-state index is 0.306. The van der Waals surface area contributed by atoms with Crippen molar-refractivity contribution in [2.24, 2.45) is 0 Å². The molecule has 2 amide bonds. The molecule has 1 aliphatic rings. The Balaban J connectivity index is 2.70. The number of carbonyl (C=O) groups excluding carboxylic acids is 1. The minimum atomic E-state index is -4.31. The Labute approximate surface area is 105 Å². The first kappa shape index (κ1) is 15.1. The van der Waals surface area contributed by atoms with Gasteiger partial charge in [-0.3, -0.25) is 4.90 Å². The number of likely N-dealkylation sites (N-methyl/N-ethyl adjacent to an activating group) is 1. The van der Waals surface area contributed by atoms with Crippen LogP contribution in [0.4, 0.5) is 18.0 Å². The van der Waals surface area contributed by atoms with E-state index in [2.05, 4.69) is 5.32 Å². The summed E-state index contributed by atoms with van der Waals surface area (Å²) in [5.41, 5.74) is 0. The second kappa shape index (κ2) is 5.77. The standard InChI is InChI=1S/C11H20F3N3O/c1-4-5-15-10(18)17-6-8(2)16(3)9(7-17)11(12,13)14/h8-9H,4-7H2,1-3H3,(H,15,18). The maximum atomic E-state index is 12.9. The fourth-order valence-electron chi connectivity index (χ4n) is 2.01. The average molecular weight is 267 g/mol. The lowest BCUT2D eigenvalue weighted by molar-refractivity contribution is -0.196. The van der Waals surface area contributed by atoms with Gasteiger partial charge in [-0.15, -0.1) is 0 Å². The van der Waals surface area contributed by atoms with Gasteiger partial charge in [0.2, 0.25) is 0 Å². The largest absolute Gasteiger partial charge is 0.405 e. The van der Waals surface area contributed by atoms with Crippen molar-refractivity contribution in [3.05, 3.63) is 0 Å². The van der Waals surface area contributed by atoms with Gasteiger partial charge in [-0.2, -0.15) is 13.2 Å². The molecule has 0 radical (unpaired) electrons. The third kappa shape index (κ3) is 3.51. The van der Waals surface area contributed by atoms with Crippen molar-refractivity contribution < 1.29 is 18.0 Å². The second-order valence-corrected chi connectivity index (χ2v) is 4.71. The maximum absolute atomic E-state index is 12.9. The van der Waals surface area contributed by atoms with Crippen LogP contribution < -0.4 is 5.32 Å². The average Bonchev–Trinajstić information content (AvgIpc) is 2.27. The van der Waals surface area contributed by atoms with E-state index in [1.165, 1.54) is 16.8 Å². The highest BCUT2D eigenvalue weighted by Crippen LogP contribution is 2.28. The van der Waals surface area contributed by atoms with E-state index < -0.39 is 18.2 Å². The molecule has 0 aromatic heterocycles. The molecule has 2 atom stereocenters. The summed E-state index contributed by atoms with van der Waals surface area (Å²) in [6, 6.07) is -2.31. The summed E-state index contributed by atoms with van der Waals surface area (Å²) in [5, 5.41) is 2.61. The molecule has 1 heterocycles. The Hall–Kier alpha value is -0.980. The van der Waals surface area contributed by atoms with Crippen molar-refractivity contribution in [1.29, 1.82) is 0 Å². The van der Waals surface area contributed by atoms with Crippen LogP contribution in [0.15, 0.2) is 0 Å². The van der Waals surface area contributed by atoms with Gasteiger partial charge in [0.15, 0.2) is 0 Å². The number of hydrogen-bond acceptors (Lipinski definition) is 2. The van der Waals surface area contributed by atoms with E-state index in [0.717, 1.165) is 6.42 Å². The molecule has 1 aliphatic heterocycles. The van der Waals surface area contributed by atoms with Gasteiger partial charge in [0.1, 0.15) is 6.04 Å². The van der Waals surface area contributed by atoms with Crippen LogP contribution in [0.25, 0.3) is 0 Å². The second-order valence-electron chi connectivity index (χ2n) is 4.71. The zero-order valence-corrected chi connectivity index (χ0v) is 10.9. The van der Waals surface area contributed by atoms with Gasteiger partial charge in [0, 0.05) is 25.7 Å². The van der Waals surface area contributed by atoms with E-state index in [1.807, 2.05) is 6.92 Å². The number of amides is 2. The van der Waals surface area contributed by atoms with Crippen LogP contribution in [-0.2, 0) is 0 Å². The van der Waals surface area contributed by atoms with Crippen molar-refractivity contribution in [2.45, 2.75) is 38.5 Å². The van der Waals surface area contributed by atoms with Gasteiger partial charge in [0.25, 0.3) is 0 Å². The number of hydrogen-bond donors (Lipinski definition) is 1. The molecule has 1 fully saturated rings. The highest BCUT2D eigenvalue weighted by molar-refractivity contribution is 5.74. The van der Waals surface area contributed by atoms with Crippen molar-refractivity contribution in [2.75, 3.05) is 26.7 Å². The minimum Gasteiger partial charge on any atom is -0.338 e. The molecule has 18 heavy (non-hydrogen) atoms. The number of urea groups is 1. The number of nitrogens with one attached hydrogen (secondary N) is 1. The van der Waals surface area contributed by atoms with Crippen molar-refractivity contribution in [3.63, 3.8) is 0 Å². The lowest BCUT2D eigenvalue weighted by Crippen LogP contribution is -2.63. The van der Waals surface area contributed by atoms with Crippen LogP contribution in [0.5, 0.6) is 0 Å². The summed E-state index contributed by atoms with van der Waals surface area (Å²) in [4.78, 5) is 14.2. The van der Waals surface area contributed by atoms with Crippen LogP contribution >= 0.6 is 0 Å². The Morgan fingerprint density at radius 3 is 2.50 bits per heavy atom. The highest BCUT2D eigenvalue weighted by atomic mass is 19.4. The van der Waals surface area contributed by atoms with E-state index >= 15 is 0 Å². The van der Waals surface area contributed by atoms with Crippen molar-refractivity contribution >= 4 is 6.03 Å². The summed E-state index contributed by atoms with van der Waals surface area (Å²) in [5.74, 6) is 0. The number of piperazine rings is 1. The molecule has 1 rings (SSSR count). The number of halogens is 3. The van der Waals surface area contributed by atoms with Gasteiger partial charge < -0.3 is 10.2 Å². The molecule has 1 saturated heterocycles. The predicted octanol–water partition coefficient (Wildman–Crippen LogP) is 1.67. The first-order valence-electron chi connectivity index (χ1n) is 6.08. The van der Waals surface area contributed by atoms with E-state index in [-0.39, 0.29) is 12.6 Å². The summed E-state index contributed by atoms with van der Waals surface area (Å²) >= 11 is 0. The molecule has 0 aromatic rings. The van der Waals surface area contributed by atoms with Gasteiger partial charge in [0.05, 0.1) is 0 Å². The molecule has 0 spiro atoms. The fraction of sp³-hybridized carbons (Fsp3) is 0.909. The molecule has 7 heteroatoms. The van der Waals surface area contributed by atoms with E-state index in [4.69, 9.17) is 0 Å². The van der Waals surface area contributed by atoms with Gasteiger partial charge in [-0.05, 0) is 20.4 Å². The molecule has 0 aromatic carbocycles. The number of nitrogens with zero attached hydrogens (tertiary/aromatic N) is 2. The van der Waals surface area contributed by atoms with Crippen LogP contribution in [-0.4, -0.2) is 60.8 Å². The van der Waals surface area contributed by atoms with Crippen LogP contribution in [0.1, 0.15) is 20.3 Å². The van der Waals surface area contributed by atoms with Crippen LogP contribution in [0, 0.1) is 0 Å². The predicted molar refractivity (Wildman–Crippen MR) is 62.3 cm³/mol.